The first-order chi connectivity index (χ1) is 30.2. The Morgan fingerprint density at radius 3 is 2.06 bits per heavy atom. The van der Waals surface area contributed by atoms with Gasteiger partial charge in [-0.25, -0.2) is 0 Å². The zero-order valence-electron chi connectivity index (χ0n) is 36.4. The highest BCUT2D eigenvalue weighted by Crippen LogP contribution is 2.56. The average Bonchev–Trinajstić information content (AvgIpc) is 3.69. The van der Waals surface area contributed by atoms with Crippen molar-refractivity contribution < 1.29 is 4.42 Å². The fourth-order valence-corrected chi connectivity index (χ4v) is 11.4. The number of fused-ring (bicyclic) bond motifs is 11. The van der Waals surface area contributed by atoms with Crippen LogP contribution in [0.5, 0.6) is 0 Å². The van der Waals surface area contributed by atoms with Crippen LogP contribution in [0.1, 0.15) is 77.0 Å². The number of hydrogen-bond donors (Lipinski definition) is 0. The second-order valence-corrected chi connectivity index (χ2v) is 19.3. The Hall–Kier alpha value is -6.52. The van der Waals surface area contributed by atoms with Gasteiger partial charge in [0.2, 0.25) is 0 Å². The molecule has 2 aliphatic heterocycles. The van der Waals surface area contributed by atoms with Gasteiger partial charge < -0.3 is 14.1 Å². The number of furan rings is 1. The molecule has 302 valence electrons. The SMILES string of the molecule is CCCCc1ccc(N2c3cc4ccccc4c4c3B(c3ccc5oc6ccccc6c5c32)N(c2ccccc2)c2cc3c(cc2-4)C(C)(C)CCC3(C)C)c(-c2ccccc2)c1. The van der Waals surface area contributed by atoms with Crippen LogP contribution in [-0.4, -0.2) is 6.85 Å². The third-order valence-electron chi connectivity index (χ3n) is 14.6. The summed E-state index contributed by atoms with van der Waals surface area (Å²) >= 11 is 0. The summed E-state index contributed by atoms with van der Waals surface area (Å²) in [5.41, 5.74) is 20.0. The number of nitrogens with zero attached hydrogens (tertiary/aromatic N) is 2. The van der Waals surface area contributed by atoms with E-state index in [1.807, 2.05) is 0 Å². The third-order valence-corrected chi connectivity index (χ3v) is 14.6. The van der Waals surface area contributed by atoms with E-state index in [4.69, 9.17) is 4.42 Å². The van der Waals surface area contributed by atoms with Crippen LogP contribution < -0.4 is 20.6 Å². The van der Waals surface area contributed by atoms with Crippen molar-refractivity contribution in [3.63, 3.8) is 0 Å². The summed E-state index contributed by atoms with van der Waals surface area (Å²) in [5.74, 6) is 0. The highest BCUT2D eigenvalue weighted by Gasteiger charge is 2.48. The summed E-state index contributed by atoms with van der Waals surface area (Å²) < 4.78 is 6.78. The molecule has 12 rings (SSSR count). The van der Waals surface area contributed by atoms with Crippen LogP contribution in [-0.2, 0) is 17.3 Å². The van der Waals surface area contributed by atoms with Crippen LogP contribution in [0.3, 0.4) is 0 Å². The van der Waals surface area contributed by atoms with E-state index in [9.17, 15) is 0 Å². The number of anilines is 5. The van der Waals surface area contributed by atoms with E-state index < -0.39 is 0 Å². The summed E-state index contributed by atoms with van der Waals surface area (Å²) in [6.07, 6.45) is 5.70. The Kier molecular flexibility index (Phi) is 8.26. The summed E-state index contributed by atoms with van der Waals surface area (Å²) in [5, 5.41) is 4.83. The number of hydrogen-bond acceptors (Lipinski definition) is 3. The first-order valence-corrected chi connectivity index (χ1v) is 22.7. The molecule has 1 aromatic heterocycles. The van der Waals surface area contributed by atoms with E-state index in [-0.39, 0.29) is 17.7 Å². The first-order valence-electron chi connectivity index (χ1n) is 22.7. The molecule has 4 heteroatoms. The Morgan fingerprint density at radius 2 is 1.29 bits per heavy atom. The van der Waals surface area contributed by atoms with Gasteiger partial charge in [0.15, 0.2) is 0 Å². The topological polar surface area (TPSA) is 19.6 Å². The Labute approximate surface area is 365 Å². The zero-order valence-corrected chi connectivity index (χ0v) is 36.4. The van der Waals surface area contributed by atoms with Gasteiger partial charge in [0.1, 0.15) is 11.2 Å². The van der Waals surface area contributed by atoms with Crippen molar-refractivity contribution >= 4 is 78.9 Å². The van der Waals surface area contributed by atoms with Crippen LogP contribution in [0.25, 0.3) is 55.0 Å². The van der Waals surface area contributed by atoms with E-state index in [1.165, 1.54) is 89.1 Å². The van der Waals surface area contributed by atoms with Crippen molar-refractivity contribution in [1.29, 1.82) is 0 Å². The molecule has 0 amide bonds. The molecule has 0 saturated carbocycles. The van der Waals surface area contributed by atoms with Crippen LogP contribution in [0.4, 0.5) is 28.4 Å². The molecule has 8 aromatic carbocycles. The van der Waals surface area contributed by atoms with Crippen molar-refractivity contribution in [2.75, 3.05) is 9.71 Å². The van der Waals surface area contributed by atoms with Gasteiger partial charge in [0.05, 0.1) is 16.8 Å². The van der Waals surface area contributed by atoms with Gasteiger partial charge in [-0.05, 0) is 141 Å². The predicted molar refractivity (Wildman–Crippen MR) is 264 cm³/mol. The molecule has 0 bridgehead atoms. The van der Waals surface area contributed by atoms with Gasteiger partial charge in [0, 0.05) is 33.6 Å². The van der Waals surface area contributed by atoms with Crippen molar-refractivity contribution in [2.24, 2.45) is 0 Å². The van der Waals surface area contributed by atoms with Gasteiger partial charge in [0.25, 0.3) is 0 Å². The van der Waals surface area contributed by atoms with Crippen molar-refractivity contribution in [3.8, 4) is 22.3 Å². The molecule has 0 atom stereocenters. The molecule has 3 heterocycles. The minimum absolute atomic E-state index is 0.0483. The molecule has 0 N–H and O–H groups in total. The Morgan fingerprint density at radius 1 is 0.597 bits per heavy atom. The van der Waals surface area contributed by atoms with Crippen molar-refractivity contribution in [1.82, 2.24) is 0 Å². The molecule has 0 saturated heterocycles. The maximum absolute atomic E-state index is 6.78. The lowest BCUT2D eigenvalue weighted by atomic mass is 9.42. The molecular weight excluding hydrogens is 751 g/mol. The quantitative estimate of drug-likeness (QED) is 0.156. The summed E-state index contributed by atoms with van der Waals surface area (Å²) in [7, 11) is 0. The number of aryl methyl sites for hydroxylation is 1. The Balaban J connectivity index is 1.27. The monoisotopic (exact) mass is 802 g/mol. The van der Waals surface area contributed by atoms with Gasteiger partial charge in [-0.15, -0.1) is 0 Å². The van der Waals surface area contributed by atoms with E-state index in [0.29, 0.717) is 0 Å². The second kappa shape index (κ2) is 13.7. The molecule has 9 aromatic rings. The van der Waals surface area contributed by atoms with E-state index >= 15 is 0 Å². The fourth-order valence-electron chi connectivity index (χ4n) is 11.4. The third kappa shape index (κ3) is 5.45. The van der Waals surface area contributed by atoms with Gasteiger partial charge in [-0.1, -0.05) is 144 Å². The lowest BCUT2D eigenvalue weighted by Crippen LogP contribution is -2.61. The fraction of sp³-hybridized carbons (Fsp3) is 0.207. The molecule has 0 radical (unpaired) electrons. The van der Waals surface area contributed by atoms with Crippen LogP contribution in [0, 0.1) is 0 Å². The van der Waals surface area contributed by atoms with Crippen molar-refractivity contribution in [2.45, 2.75) is 77.6 Å². The number of benzene rings is 8. The summed E-state index contributed by atoms with van der Waals surface area (Å²) in [6, 6.07) is 59.5. The van der Waals surface area contributed by atoms with Crippen molar-refractivity contribution in [3.05, 3.63) is 174 Å². The lowest BCUT2D eigenvalue weighted by Gasteiger charge is -2.48. The smallest absolute Gasteiger partial charge is 0.333 e. The Bertz CT molecular complexity index is 3250. The average molecular weight is 803 g/mol. The highest BCUT2D eigenvalue weighted by atomic mass is 16.3. The molecule has 62 heavy (non-hydrogen) atoms. The standard InChI is InChI=1S/C58H51BN2O/c1-6-7-18-37-27-29-48(43(33-37)38-19-10-8-11-20-38)60-50-34-39-21-14-15-24-41(39)53-44-35-45-46(58(4,5)32-31-57(45,2)3)36-49(44)61(40-22-12-9-13-23-40)59(55(50)53)47-28-30-52-54(56(47)60)42-25-16-17-26-51(42)62-52/h8-17,19-30,33-36H,6-7,18,31-32H2,1-5H3. The van der Waals surface area contributed by atoms with Crippen LogP contribution in [0.2, 0.25) is 0 Å². The number of rotatable bonds is 6. The molecule has 3 aliphatic rings. The lowest BCUT2D eigenvalue weighted by molar-refractivity contribution is 0.332. The van der Waals surface area contributed by atoms with E-state index in [0.717, 1.165) is 54.0 Å². The largest absolute Gasteiger partial charge is 0.456 e. The van der Waals surface area contributed by atoms with Crippen LogP contribution in [0.15, 0.2) is 162 Å². The van der Waals surface area contributed by atoms with Gasteiger partial charge in [-0.2, -0.15) is 0 Å². The molecule has 0 fully saturated rings. The minimum Gasteiger partial charge on any atom is -0.456 e. The van der Waals surface area contributed by atoms with Gasteiger partial charge in [-0.3, -0.25) is 0 Å². The maximum atomic E-state index is 6.78. The van der Waals surface area contributed by atoms with Crippen LogP contribution >= 0.6 is 0 Å². The zero-order chi connectivity index (χ0) is 41.9. The normalized spacial score (nSPS) is 15.7. The molecule has 1 aliphatic carbocycles. The summed E-state index contributed by atoms with van der Waals surface area (Å²) in [4.78, 5) is 5.32. The van der Waals surface area contributed by atoms with Gasteiger partial charge >= 0.3 is 6.85 Å². The minimum atomic E-state index is -0.120. The molecule has 3 nitrogen and oxygen atoms in total. The highest BCUT2D eigenvalue weighted by molar-refractivity contribution is 6.94. The van der Waals surface area contributed by atoms with E-state index in [1.54, 1.807) is 0 Å². The maximum Gasteiger partial charge on any atom is 0.333 e. The molecule has 0 spiro atoms. The number of unbranched alkanes of at least 4 members (excludes halogenated alkanes) is 1. The first kappa shape index (κ1) is 37.3. The number of para-hydroxylation sites is 2. The molecular formula is C58H51BN2O. The molecule has 0 unspecified atom stereocenters. The van der Waals surface area contributed by atoms with E-state index in [2.05, 4.69) is 202 Å². The predicted octanol–water partition coefficient (Wildman–Crippen LogP) is 14.8. The second-order valence-electron chi connectivity index (χ2n) is 19.3. The summed E-state index contributed by atoms with van der Waals surface area (Å²) in [6.45, 7) is 12.0.